The van der Waals surface area contributed by atoms with Crippen molar-refractivity contribution in [2.24, 2.45) is 0 Å². The number of rotatable bonds is 3. The highest BCUT2D eigenvalue weighted by atomic mass is 19.3. The van der Waals surface area contributed by atoms with Gasteiger partial charge in [-0.25, -0.2) is 4.98 Å². The van der Waals surface area contributed by atoms with Crippen LogP contribution < -0.4 is 14.8 Å². The molecule has 1 N–H and O–H groups in total. The molecule has 0 radical (unpaired) electrons. The highest BCUT2D eigenvalue weighted by molar-refractivity contribution is 5.92. The molecular weight excluding hydrogens is 320 g/mol. The molecule has 3 aromatic rings. The minimum absolute atomic E-state index is 0.0618. The number of nitrogens with zero attached hydrogens (tertiary/aromatic N) is 2. The van der Waals surface area contributed by atoms with Crippen LogP contribution in [0, 0.1) is 0 Å². The molecule has 0 unspecified atom stereocenters. The van der Waals surface area contributed by atoms with Gasteiger partial charge in [-0.3, -0.25) is 4.79 Å². The van der Waals surface area contributed by atoms with E-state index in [1.165, 1.54) is 18.2 Å². The van der Waals surface area contributed by atoms with Gasteiger partial charge in [0.1, 0.15) is 5.65 Å². The van der Waals surface area contributed by atoms with Crippen LogP contribution in [0.5, 0.6) is 11.5 Å². The summed E-state index contributed by atoms with van der Waals surface area (Å²) < 4.78 is 36.4. The number of amides is 1. The summed E-state index contributed by atoms with van der Waals surface area (Å²) in [5.41, 5.74) is 1.68. The van der Waals surface area contributed by atoms with Gasteiger partial charge in [-0.05, 0) is 24.3 Å². The third kappa shape index (κ3) is 2.73. The lowest BCUT2D eigenvalue weighted by molar-refractivity contribution is -0.286. The standard InChI is InChI=1S/C16H11F2N3O3/c17-16(18)23-12-5-4-10(7-13(12)24-16)20-15(22)8-11-9-21-6-2-1-3-14(21)19-11/h1-7,9H,8H2,(H,20,22). The second-order valence-electron chi connectivity index (χ2n) is 5.25. The average molecular weight is 331 g/mol. The molecule has 0 spiro atoms. The van der Waals surface area contributed by atoms with Crippen LogP contribution >= 0.6 is 0 Å². The number of carbonyl (C=O) groups is 1. The molecule has 122 valence electrons. The number of anilines is 1. The third-order valence-electron chi connectivity index (χ3n) is 3.44. The molecule has 6 nitrogen and oxygen atoms in total. The third-order valence-corrected chi connectivity index (χ3v) is 3.44. The molecule has 2 aromatic heterocycles. The van der Waals surface area contributed by atoms with Gasteiger partial charge in [0, 0.05) is 24.1 Å². The predicted octanol–water partition coefficient (Wildman–Crippen LogP) is 2.84. The zero-order valence-electron chi connectivity index (χ0n) is 12.2. The normalized spacial score (nSPS) is 14.8. The van der Waals surface area contributed by atoms with Gasteiger partial charge in [0.05, 0.1) is 12.1 Å². The van der Waals surface area contributed by atoms with E-state index in [4.69, 9.17) is 0 Å². The van der Waals surface area contributed by atoms with Crippen LogP contribution in [-0.2, 0) is 11.2 Å². The number of pyridine rings is 1. The summed E-state index contributed by atoms with van der Waals surface area (Å²) in [5.74, 6) is -0.507. The molecule has 0 fully saturated rings. The van der Waals surface area contributed by atoms with Gasteiger partial charge in [-0.15, -0.1) is 8.78 Å². The van der Waals surface area contributed by atoms with E-state index >= 15 is 0 Å². The molecule has 24 heavy (non-hydrogen) atoms. The average Bonchev–Trinajstić information content (AvgIpc) is 3.04. The quantitative estimate of drug-likeness (QED) is 0.801. The predicted molar refractivity (Wildman–Crippen MR) is 80.2 cm³/mol. The molecule has 0 saturated carbocycles. The number of hydrogen-bond donors (Lipinski definition) is 1. The number of imidazole rings is 1. The van der Waals surface area contributed by atoms with Gasteiger partial charge < -0.3 is 19.2 Å². The van der Waals surface area contributed by atoms with Crippen LogP contribution in [0.15, 0.2) is 48.8 Å². The number of fused-ring (bicyclic) bond motifs is 2. The van der Waals surface area contributed by atoms with E-state index in [0.29, 0.717) is 11.4 Å². The Morgan fingerprint density at radius 1 is 1.21 bits per heavy atom. The first-order valence-electron chi connectivity index (χ1n) is 7.11. The SMILES string of the molecule is O=C(Cc1cn2ccccc2n1)Nc1ccc2c(c1)OC(F)(F)O2. The lowest BCUT2D eigenvalue weighted by atomic mass is 10.2. The van der Waals surface area contributed by atoms with E-state index in [9.17, 15) is 13.6 Å². The van der Waals surface area contributed by atoms with Crippen molar-refractivity contribution in [2.75, 3.05) is 5.32 Å². The molecule has 8 heteroatoms. The first kappa shape index (κ1) is 14.4. The summed E-state index contributed by atoms with van der Waals surface area (Å²) in [5, 5.41) is 2.62. The van der Waals surface area contributed by atoms with Gasteiger partial charge in [-0.2, -0.15) is 0 Å². The fourth-order valence-corrected chi connectivity index (χ4v) is 2.47. The number of aromatic nitrogens is 2. The first-order chi connectivity index (χ1) is 11.5. The monoisotopic (exact) mass is 331 g/mol. The maximum Gasteiger partial charge on any atom is 0.586 e. The molecule has 1 aliphatic rings. The Kier molecular flexibility index (Phi) is 3.12. The molecule has 1 aliphatic heterocycles. The smallest absolute Gasteiger partial charge is 0.395 e. The van der Waals surface area contributed by atoms with Crippen LogP contribution in [0.3, 0.4) is 0 Å². The molecule has 1 amide bonds. The van der Waals surface area contributed by atoms with Gasteiger partial charge in [-0.1, -0.05) is 6.07 Å². The summed E-state index contributed by atoms with van der Waals surface area (Å²) in [6.45, 7) is 0. The molecule has 0 bridgehead atoms. The van der Waals surface area contributed by atoms with Crippen molar-refractivity contribution in [1.82, 2.24) is 9.38 Å². The van der Waals surface area contributed by atoms with Crippen molar-refractivity contribution in [3.8, 4) is 11.5 Å². The van der Waals surface area contributed by atoms with E-state index < -0.39 is 6.29 Å². The number of halogens is 2. The topological polar surface area (TPSA) is 64.9 Å². The molecule has 3 heterocycles. The Bertz CT molecular complexity index is 906. The van der Waals surface area contributed by atoms with E-state index in [1.807, 2.05) is 28.8 Å². The minimum atomic E-state index is -3.68. The fourth-order valence-electron chi connectivity index (χ4n) is 2.47. The molecule has 0 saturated heterocycles. The Balaban J connectivity index is 1.47. The van der Waals surface area contributed by atoms with Gasteiger partial charge >= 0.3 is 6.29 Å². The minimum Gasteiger partial charge on any atom is -0.395 e. The Labute approximate surface area is 134 Å². The Morgan fingerprint density at radius 3 is 2.88 bits per heavy atom. The van der Waals surface area contributed by atoms with Gasteiger partial charge in [0.25, 0.3) is 0 Å². The summed E-state index contributed by atoms with van der Waals surface area (Å²) in [7, 11) is 0. The number of alkyl halides is 2. The zero-order chi connectivity index (χ0) is 16.7. The molecule has 4 rings (SSSR count). The van der Waals surface area contributed by atoms with Gasteiger partial charge in [0.2, 0.25) is 5.91 Å². The van der Waals surface area contributed by atoms with Gasteiger partial charge in [0.15, 0.2) is 11.5 Å². The van der Waals surface area contributed by atoms with Crippen LogP contribution in [0.1, 0.15) is 5.69 Å². The zero-order valence-corrected chi connectivity index (χ0v) is 12.2. The van der Waals surface area contributed by atoms with Crippen molar-refractivity contribution >= 4 is 17.2 Å². The van der Waals surface area contributed by atoms with Crippen LogP contribution in [0.25, 0.3) is 5.65 Å². The number of hydrogen-bond acceptors (Lipinski definition) is 4. The Hall–Kier alpha value is -3.16. The molecule has 1 aromatic carbocycles. The van der Waals surface area contributed by atoms with Crippen molar-refractivity contribution in [1.29, 1.82) is 0 Å². The summed E-state index contributed by atoms with van der Waals surface area (Å²) in [6.07, 6.45) is -0.0232. The fraction of sp³-hybridized carbons (Fsp3) is 0.125. The van der Waals surface area contributed by atoms with E-state index in [0.717, 1.165) is 5.65 Å². The van der Waals surface area contributed by atoms with E-state index in [1.54, 1.807) is 6.20 Å². The van der Waals surface area contributed by atoms with Crippen molar-refractivity contribution in [3.63, 3.8) is 0 Å². The van der Waals surface area contributed by atoms with Crippen molar-refractivity contribution in [3.05, 3.63) is 54.5 Å². The summed E-state index contributed by atoms with van der Waals surface area (Å²) in [4.78, 5) is 16.4. The van der Waals surface area contributed by atoms with Crippen molar-refractivity contribution < 1.29 is 23.0 Å². The number of benzene rings is 1. The van der Waals surface area contributed by atoms with E-state index in [-0.39, 0.29) is 23.8 Å². The van der Waals surface area contributed by atoms with Crippen LogP contribution in [0.2, 0.25) is 0 Å². The largest absolute Gasteiger partial charge is 0.586 e. The molecule has 0 atom stereocenters. The lowest BCUT2D eigenvalue weighted by Gasteiger charge is -2.05. The lowest BCUT2D eigenvalue weighted by Crippen LogP contribution is -2.25. The summed E-state index contributed by atoms with van der Waals surface area (Å²) >= 11 is 0. The molecular formula is C16H11F2N3O3. The van der Waals surface area contributed by atoms with Crippen LogP contribution in [0.4, 0.5) is 14.5 Å². The highest BCUT2D eigenvalue weighted by Gasteiger charge is 2.43. The maximum atomic E-state index is 13.0. The van der Waals surface area contributed by atoms with E-state index in [2.05, 4.69) is 19.8 Å². The van der Waals surface area contributed by atoms with Crippen molar-refractivity contribution in [2.45, 2.75) is 12.7 Å². The number of carbonyl (C=O) groups excluding carboxylic acids is 1. The highest BCUT2D eigenvalue weighted by Crippen LogP contribution is 2.42. The van der Waals surface area contributed by atoms with Crippen LogP contribution in [-0.4, -0.2) is 21.6 Å². The maximum absolute atomic E-state index is 13.0. The molecule has 0 aliphatic carbocycles. The summed E-state index contributed by atoms with van der Waals surface area (Å²) in [6, 6.07) is 9.62. The second kappa shape index (κ2) is 5.19. The number of ether oxygens (including phenoxy) is 2. The number of nitrogens with one attached hydrogen (secondary N) is 1. The first-order valence-corrected chi connectivity index (χ1v) is 7.11. The Morgan fingerprint density at radius 2 is 2.04 bits per heavy atom. The second-order valence-corrected chi connectivity index (χ2v) is 5.25.